The van der Waals surface area contributed by atoms with Gasteiger partial charge in [-0.25, -0.2) is 0 Å². The Bertz CT molecular complexity index is 553. The molecule has 1 aromatic carbocycles. The number of rotatable bonds is 8. The second-order valence-electron chi connectivity index (χ2n) is 5.93. The van der Waals surface area contributed by atoms with E-state index in [0.717, 1.165) is 32.7 Å². The van der Waals surface area contributed by atoms with Crippen molar-refractivity contribution >= 4 is 10.9 Å². The molecular weight excluding hydrogens is 258 g/mol. The number of hydrogen-bond acceptors (Lipinski definition) is 2. The SMILES string of the molecule is CCN(CC)CCn1cc(CNC(C)C)c2ccccc21. The third-order valence-corrected chi connectivity index (χ3v) is 4.12. The summed E-state index contributed by atoms with van der Waals surface area (Å²) in [5.41, 5.74) is 2.75. The molecule has 2 rings (SSSR count). The molecule has 0 fully saturated rings. The largest absolute Gasteiger partial charge is 0.346 e. The van der Waals surface area contributed by atoms with Crippen LogP contribution in [0.4, 0.5) is 0 Å². The Balaban J connectivity index is 2.19. The lowest BCUT2D eigenvalue weighted by atomic mass is 10.2. The molecule has 0 spiro atoms. The predicted molar refractivity (Wildman–Crippen MR) is 91.7 cm³/mol. The van der Waals surface area contributed by atoms with Gasteiger partial charge in [-0.15, -0.1) is 0 Å². The van der Waals surface area contributed by atoms with E-state index in [1.165, 1.54) is 16.5 Å². The second-order valence-corrected chi connectivity index (χ2v) is 5.93. The lowest BCUT2D eigenvalue weighted by Crippen LogP contribution is -2.26. The molecule has 0 aliphatic carbocycles. The van der Waals surface area contributed by atoms with Crippen molar-refractivity contribution in [3.8, 4) is 0 Å². The smallest absolute Gasteiger partial charge is 0.0484 e. The monoisotopic (exact) mass is 287 g/mol. The van der Waals surface area contributed by atoms with Gasteiger partial charge in [0.15, 0.2) is 0 Å². The normalized spacial score (nSPS) is 11.9. The quantitative estimate of drug-likeness (QED) is 0.802. The van der Waals surface area contributed by atoms with E-state index in [9.17, 15) is 0 Å². The molecule has 1 N–H and O–H groups in total. The summed E-state index contributed by atoms with van der Waals surface area (Å²) >= 11 is 0. The molecule has 0 atom stereocenters. The lowest BCUT2D eigenvalue weighted by Gasteiger charge is -2.18. The summed E-state index contributed by atoms with van der Waals surface area (Å²) in [6.07, 6.45) is 2.32. The van der Waals surface area contributed by atoms with Crippen LogP contribution in [0.25, 0.3) is 10.9 Å². The van der Waals surface area contributed by atoms with E-state index in [1.54, 1.807) is 0 Å². The van der Waals surface area contributed by atoms with Crippen molar-refractivity contribution in [1.29, 1.82) is 0 Å². The molecule has 2 aromatic rings. The van der Waals surface area contributed by atoms with E-state index >= 15 is 0 Å². The van der Waals surface area contributed by atoms with Gasteiger partial charge in [0.2, 0.25) is 0 Å². The van der Waals surface area contributed by atoms with Crippen LogP contribution in [0.3, 0.4) is 0 Å². The van der Waals surface area contributed by atoms with Crippen molar-refractivity contribution in [1.82, 2.24) is 14.8 Å². The van der Waals surface area contributed by atoms with Gasteiger partial charge in [-0.2, -0.15) is 0 Å². The molecular formula is C18H29N3. The maximum absolute atomic E-state index is 3.53. The van der Waals surface area contributed by atoms with Crippen LogP contribution in [-0.2, 0) is 13.1 Å². The first-order chi connectivity index (χ1) is 10.2. The van der Waals surface area contributed by atoms with Crippen LogP contribution >= 0.6 is 0 Å². The fourth-order valence-electron chi connectivity index (χ4n) is 2.75. The maximum Gasteiger partial charge on any atom is 0.0484 e. The summed E-state index contributed by atoms with van der Waals surface area (Å²) in [6, 6.07) is 9.26. The Morgan fingerprint density at radius 3 is 2.52 bits per heavy atom. The van der Waals surface area contributed by atoms with Crippen molar-refractivity contribution in [2.24, 2.45) is 0 Å². The van der Waals surface area contributed by atoms with Gasteiger partial charge in [0.1, 0.15) is 0 Å². The Hall–Kier alpha value is -1.32. The Labute approximate surface area is 128 Å². The van der Waals surface area contributed by atoms with Crippen LogP contribution in [-0.4, -0.2) is 35.1 Å². The second kappa shape index (κ2) is 7.62. The summed E-state index contributed by atoms with van der Waals surface area (Å²) in [6.45, 7) is 14.2. The minimum absolute atomic E-state index is 0.516. The minimum Gasteiger partial charge on any atom is -0.346 e. The molecule has 3 heteroatoms. The topological polar surface area (TPSA) is 20.2 Å². The van der Waals surface area contributed by atoms with Gasteiger partial charge in [-0.3, -0.25) is 0 Å². The lowest BCUT2D eigenvalue weighted by molar-refractivity contribution is 0.292. The standard InChI is InChI=1S/C18H29N3/c1-5-20(6-2)11-12-21-14-16(13-19-15(3)4)17-9-7-8-10-18(17)21/h7-10,14-15,19H,5-6,11-13H2,1-4H3. The highest BCUT2D eigenvalue weighted by Crippen LogP contribution is 2.21. The summed E-state index contributed by atoms with van der Waals surface area (Å²) in [5, 5.41) is 4.91. The number of nitrogens with one attached hydrogen (secondary N) is 1. The molecule has 3 nitrogen and oxygen atoms in total. The summed E-state index contributed by atoms with van der Waals surface area (Å²) < 4.78 is 2.41. The molecule has 21 heavy (non-hydrogen) atoms. The molecule has 116 valence electrons. The molecule has 0 radical (unpaired) electrons. The van der Waals surface area contributed by atoms with Crippen LogP contribution in [0.15, 0.2) is 30.5 Å². The van der Waals surface area contributed by atoms with Gasteiger partial charge in [-0.1, -0.05) is 45.9 Å². The van der Waals surface area contributed by atoms with Crippen LogP contribution < -0.4 is 5.32 Å². The summed E-state index contributed by atoms with van der Waals surface area (Å²) in [5.74, 6) is 0. The van der Waals surface area contributed by atoms with Crippen molar-refractivity contribution in [2.45, 2.75) is 46.8 Å². The number of likely N-dealkylation sites (N-methyl/N-ethyl adjacent to an activating group) is 1. The number of aromatic nitrogens is 1. The highest BCUT2D eigenvalue weighted by atomic mass is 15.1. The van der Waals surface area contributed by atoms with E-state index in [2.05, 4.69) is 72.9 Å². The Morgan fingerprint density at radius 2 is 1.86 bits per heavy atom. The molecule has 0 aliphatic heterocycles. The predicted octanol–water partition coefficient (Wildman–Crippen LogP) is 3.48. The van der Waals surface area contributed by atoms with Crippen molar-refractivity contribution in [3.63, 3.8) is 0 Å². The number of hydrogen-bond donors (Lipinski definition) is 1. The minimum atomic E-state index is 0.516. The fraction of sp³-hybridized carbons (Fsp3) is 0.556. The zero-order chi connectivity index (χ0) is 15.2. The zero-order valence-corrected chi connectivity index (χ0v) is 13.9. The number of benzene rings is 1. The van der Waals surface area contributed by atoms with E-state index in [1.807, 2.05) is 0 Å². The van der Waals surface area contributed by atoms with Gasteiger partial charge in [-0.05, 0) is 24.7 Å². The third kappa shape index (κ3) is 4.08. The van der Waals surface area contributed by atoms with E-state index in [0.29, 0.717) is 6.04 Å². The van der Waals surface area contributed by atoms with E-state index < -0.39 is 0 Å². The number of fused-ring (bicyclic) bond motifs is 1. The van der Waals surface area contributed by atoms with Gasteiger partial charge in [0.25, 0.3) is 0 Å². The zero-order valence-electron chi connectivity index (χ0n) is 13.9. The van der Waals surface area contributed by atoms with Crippen LogP contribution in [0.1, 0.15) is 33.3 Å². The van der Waals surface area contributed by atoms with Gasteiger partial charge in [0, 0.05) is 42.8 Å². The maximum atomic E-state index is 3.53. The van der Waals surface area contributed by atoms with Crippen molar-refractivity contribution < 1.29 is 0 Å². The first kappa shape index (κ1) is 16.1. The molecule has 1 heterocycles. The van der Waals surface area contributed by atoms with Crippen LogP contribution in [0.2, 0.25) is 0 Å². The van der Waals surface area contributed by atoms with Crippen LogP contribution in [0, 0.1) is 0 Å². The number of nitrogens with zero attached hydrogens (tertiary/aromatic N) is 2. The van der Waals surface area contributed by atoms with Gasteiger partial charge in [0.05, 0.1) is 0 Å². The highest BCUT2D eigenvalue weighted by Gasteiger charge is 2.09. The summed E-state index contributed by atoms with van der Waals surface area (Å²) in [7, 11) is 0. The first-order valence-corrected chi connectivity index (χ1v) is 8.18. The molecule has 0 bridgehead atoms. The Morgan fingerprint density at radius 1 is 1.14 bits per heavy atom. The van der Waals surface area contributed by atoms with Crippen LogP contribution in [0.5, 0.6) is 0 Å². The fourth-order valence-corrected chi connectivity index (χ4v) is 2.75. The van der Waals surface area contributed by atoms with Gasteiger partial charge < -0.3 is 14.8 Å². The van der Waals surface area contributed by atoms with Crippen molar-refractivity contribution in [2.75, 3.05) is 19.6 Å². The highest BCUT2D eigenvalue weighted by molar-refractivity contribution is 5.83. The van der Waals surface area contributed by atoms with Gasteiger partial charge >= 0.3 is 0 Å². The average molecular weight is 287 g/mol. The molecule has 0 saturated heterocycles. The van der Waals surface area contributed by atoms with Crippen molar-refractivity contribution in [3.05, 3.63) is 36.0 Å². The average Bonchev–Trinajstić information content (AvgIpc) is 2.85. The molecule has 1 aromatic heterocycles. The number of para-hydroxylation sites is 1. The molecule has 0 amide bonds. The van der Waals surface area contributed by atoms with E-state index in [-0.39, 0.29) is 0 Å². The molecule has 0 saturated carbocycles. The Kier molecular flexibility index (Phi) is 5.83. The molecule has 0 unspecified atom stereocenters. The molecule has 0 aliphatic rings. The first-order valence-electron chi connectivity index (χ1n) is 8.18. The third-order valence-electron chi connectivity index (χ3n) is 4.12. The van der Waals surface area contributed by atoms with E-state index in [4.69, 9.17) is 0 Å². The summed E-state index contributed by atoms with van der Waals surface area (Å²) in [4.78, 5) is 2.47.